The van der Waals surface area contributed by atoms with Crippen LogP contribution in [0.5, 0.6) is 0 Å². The fraction of sp³-hybridized carbons (Fsp3) is 0.168. The molecule has 0 radical (unpaired) electrons. The van der Waals surface area contributed by atoms with Crippen molar-refractivity contribution in [3.63, 3.8) is 0 Å². The standard InChI is InChI=1S/5C16H14.C13H13N.C12H12.C7H10O.C7H10S/c1-11-12(2)14-8-4-6-10-16(14)15-9-5-3-7-13(11)15;1-11-6-5-7-13-10-12(2)14-8-3-4-9-15(14)16(11)13;1-11-6-5-9-15-14-8-4-3-7-13(14)10-12(2)16(11)15;1-11-7-8-15-13(9-11)10-12(2)14-5-3-4-6-16(14)15;1-11-7-8-14-12(2)10-13-5-3-4-6-15(13)16(14)9-11;1-10-8-13(9-11(2)14-10)12-6-4-3-5-7-12;1-9-3-5-11-6-4-10(2)8-12(11)7-9;2*1-5-4-6(2)8-7(5)3/h5*3-10H,1-2H3;3-9H,1-2H3;3-8H,1-2H3;2*4H,1-3H3. The van der Waals surface area contributed by atoms with Crippen LogP contribution in [0.15, 0.2) is 338 Å². The smallest absolute Gasteiger partial charge is 0.103 e. The number of aryl methyl sites for hydroxylation is 20. The minimum atomic E-state index is 1.00. The Bertz CT molecular complexity index is 7050. The van der Waals surface area contributed by atoms with Gasteiger partial charge in [-0.2, -0.15) is 0 Å². The summed E-state index contributed by atoms with van der Waals surface area (Å²) < 4.78 is 5.21. The number of hydrogen-bond donors (Lipinski definition) is 0. The van der Waals surface area contributed by atoms with Gasteiger partial charge < -0.3 is 4.42 Å². The Morgan fingerprint density at radius 1 is 0.205 bits per heavy atom. The molecular formula is C119H115NOS. The maximum Gasteiger partial charge on any atom is 0.103 e. The summed E-state index contributed by atoms with van der Waals surface area (Å²) in [6.07, 6.45) is 0. The number of rotatable bonds is 1. The van der Waals surface area contributed by atoms with Gasteiger partial charge in [0.05, 0.1) is 0 Å². The Kier molecular flexibility index (Phi) is 28.1. The molecule has 21 rings (SSSR count). The molecule has 0 atom stereocenters. The van der Waals surface area contributed by atoms with Crippen LogP contribution in [-0.2, 0) is 0 Å². The Labute approximate surface area is 727 Å². The number of benzene rings is 18. The highest BCUT2D eigenvalue weighted by Crippen LogP contribution is 2.36. The van der Waals surface area contributed by atoms with Gasteiger partial charge in [0.1, 0.15) is 11.5 Å². The Morgan fingerprint density at radius 3 is 1.08 bits per heavy atom. The molecule has 122 heavy (non-hydrogen) atoms. The van der Waals surface area contributed by atoms with Crippen LogP contribution >= 0.6 is 11.3 Å². The van der Waals surface area contributed by atoms with Gasteiger partial charge in [-0.05, 0) is 348 Å². The van der Waals surface area contributed by atoms with Crippen LogP contribution in [0, 0.1) is 138 Å². The highest BCUT2D eigenvalue weighted by molar-refractivity contribution is 7.12. The van der Waals surface area contributed by atoms with Crippen molar-refractivity contribution in [2.45, 2.75) is 138 Å². The van der Waals surface area contributed by atoms with Gasteiger partial charge in [0.2, 0.25) is 0 Å². The van der Waals surface area contributed by atoms with E-state index in [0.717, 1.165) is 22.9 Å². The molecule has 0 bridgehead atoms. The average Bonchev–Trinajstić information content (AvgIpc) is 0.693. The minimum absolute atomic E-state index is 1.00. The van der Waals surface area contributed by atoms with E-state index in [0.29, 0.717) is 0 Å². The summed E-state index contributed by atoms with van der Waals surface area (Å²) in [6.45, 7) is 42.6. The number of pyridine rings is 1. The van der Waals surface area contributed by atoms with Gasteiger partial charge in [0.15, 0.2) is 0 Å². The molecule has 0 amide bonds. The van der Waals surface area contributed by atoms with Gasteiger partial charge in [-0.25, -0.2) is 0 Å². The van der Waals surface area contributed by atoms with Crippen LogP contribution in [0.4, 0.5) is 0 Å². The first-order valence-electron chi connectivity index (χ1n) is 42.7. The van der Waals surface area contributed by atoms with Crippen molar-refractivity contribution in [2.24, 2.45) is 0 Å². The lowest BCUT2D eigenvalue weighted by Crippen LogP contribution is -1.87. The number of furan rings is 1. The maximum absolute atomic E-state index is 5.21. The number of thiophene rings is 1. The van der Waals surface area contributed by atoms with Gasteiger partial charge in [0, 0.05) is 21.1 Å². The second-order valence-corrected chi connectivity index (χ2v) is 34.6. The lowest BCUT2D eigenvalue weighted by Gasteiger charge is -2.11. The second-order valence-electron chi connectivity index (χ2n) is 33.1. The van der Waals surface area contributed by atoms with Crippen molar-refractivity contribution in [1.82, 2.24) is 4.98 Å². The summed E-state index contributed by atoms with van der Waals surface area (Å²) in [5.41, 5.74) is 23.5. The van der Waals surface area contributed by atoms with Crippen molar-refractivity contribution in [2.75, 3.05) is 0 Å². The molecule has 0 fully saturated rings. The minimum Gasteiger partial charge on any atom is -0.466 e. The number of nitrogens with zero attached hydrogens (tertiary/aromatic N) is 1. The van der Waals surface area contributed by atoms with E-state index in [4.69, 9.17) is 4.42 Å². The number of hydrogen-bond acceptors (Lipinski definition) is 3. The molecule has 0 aliphatic carbocycles. The summed E-state index contributed by atoms with van der Waals surface area (Å²) in [4.78, 5) is 7.22. The van der Waals surface area contributed by atoms with E-state index in [1.165, 1.54) is 217 Å². The van der Waals surface area contributed by atoms with Crippen molar-refractivity contribution >= 4 is 130 Å². The summed E-state index contributed by atoms with van der Waals surface area (Å²) in [5, 5.41) is 29.9. The predicted octanol–water partition coefficient (Wildman–Crippen LogP) is 34.7. The van der Waals surface area contributed by atoms with Gasteiger partial charge in [-0.15, -0.1) is 11.3 Å². The number of fused-ring (bicyclic) bond motifs is 16. The van der Waals surface area contributed by atoms with Crippen molar-refractivity contribution in [1.29, 1.82) is 0 Å². The largest absolute Gasteiger partial charge is 0.466 e. The van der Waals surface area contributed by atoms with Crippen molar-refractivity contribution in [3.8, 4) is 11.1 Å². The molecule has 3 aromatic heterocycles. The van der Waals surface area contributed by atoms with E-state index in [1.54, 1.807) is 0 Å². The monoisotopic (exact) mass is 1610 g/mol. The van der Waals surface area contributed by atoms with Crippen LogP contribution in [0.1, 0.15) is 111 Å². The molecule has 3 heteroatoms. The summed E-state index contributed by atoms with van der Waals surface area (Å²) in [5.74, 6) is 2.03. The molecule has 608 valence electrons. The zero-order valence-electron chi connectivity index (χ0n) is 75.0. The molecule has 0 aliphatic heterocycles. The summed E-state index contributed by atoms with van der Waals surface area (Å²) in [7, 11) is 0. The van der Waals surface area contributed by atoms with Gasteiger partial charge in [-0.3, -0.25) is 4.98 Å². The first kappa shape index (κ1) is 86.8. The zero-order chi connectivity index (χ0) is 86.4. The van der Waals surface area contributed by atoms with Crippen LogP contribution < -0.4 is 0 Å². The normalized spacial score (nSPS) is 10.8. The third-order valence-corrected chi connectivity index (χ3v) is 24.5. The first-order chi connectivity index (χ1) is 58.7. The van der Waals surface area contributed by atoms with Crippen LogP contribution in [-0.4, -0.2) is 4.98 Å². The molecule has 0 saturated carbocycles. The quantitative estimate of drug-likeness (QED) is 0.153. The SMILES string of the molecule is Cc1c(C)c2ccccc2c2ccccc12.Cc1cc(-c2ccccc2)cc(C)n1.Cc1cc(C)c(C)o1.Cc1cc(C)c(C)s1.Cc1cc2cccc(C)c2c2ccccc12.Cc1ccc2c(C)cc3ccccc3c2c1.Cc1ccc2c(c1)cc(C)c1ccccc12.Cc1ccc2ccc(C)cc2c1.Cc1cccc2c1c(C)cc1ccccc12. The molecule has 0 N–H and O–H groups in total. The Hall–Kier alpha value is -13.1. The third-order valence-electron chi connectivity index (χ3n) is 23.5. The fourth-order valence-electron chi connectivity index (χ4n) is 17.1. The zero-order valence-corrected chi connectivity index (χ0v) is 75.8. The summed E-state index contributed by atoms with van der Waals surface area (Å²) in [6, 6.07) is 119. The van der Waals surface area contributed by atoms with Crippen LogP contribution in [0.25, 0.3) is 130 Å². The van der Waals surface area contributed by atoms with Gasteiger partial charge >= 0.3 is 0 Å². The maximum atomic E-state index is 5.21. The van der Waals surface area contributed by atoms with Gasteiger partial charge in [0.25, 0.3) is 0 Å². The molecule has 0 saturated heterocycles. The van der Waals surface area contributed by atoms with Gasteiger partial charge in [-0.1, -0.05) is 332 Å². The summed E-state index contributed by atoms with van der Waals surface area (Å²) >= 11 is 1.87. The predicted molar refractivity (Wildman–Crippen MR) is 539 cm³/mol. The van der Waals surface area contributed by atoms with E-state index < -0.39 is 0 Å². The third kappa shape index (κ3) is 20.7. The lowest BCUT2D eigenvalue weighted by molar-refractivity contribution is 0.502. The molecular weight excluding hydrogens is 1490 g/mol. The first-order valence-corrected chi connectivity index (χ1v) is 43.5. The van der Waals surface area contributed by atoms with Crippen molar-refractivity contribution in [3.05, 3.63) is 444 Å². The van der Waals surface area contributed by atoms with Crippen LogP contribution in [0.3, 0.4) is 0 Å². The highest BCUT2D eigenvalue weighted by atomic mass is 32.1. The topological polar surface area (TPSA) is 26.0 Å². The number of aromatic nitrogens is 1. The van der Waals surface area contributed by atoms with E-state index >= 15 is 0 Å². The fourth-order valence-corrected chi connectivity index (χ4v) is 18.0. The lowest BCUT2D eigenvalue weighted by atomic mass is 9.93. The molecule has 0 unspecified atom stereocenters. The second kappa shape index (κ2) is 39.4. The Balaban J connectivity index is 0.000000119. The molecule has 21 aromatic rings. The van der Waals surface area contributed by atoms with Crippen molar-refractivity contribution < 1.29 is 4.42 Å². The molecule has 0 aliphatic rings. The van der Waals surface area contributed by atoms with E-state index in [9.17, 15) is 0 Å². The molecule has 18 aromatic carbocycles. The highest BCUT2D eigenvalue weighted by Gasteiger charge is 2.12. The molecule has 3 heterocycles. The van der Waals surface area contributed by atoms with E-state index in [2.05, 4.69) is 430 Å². The van der Waals surface area contributed by atoms with Crippen LogP contribution in [0.2, 0.25) is 0 Å². The molecule has 2 nitrogen and oxygen atoms in total. The average molecular weight is 1610 g/mol. The molecule has 0 spiro atoms. The van der Waals surface area contributed by atoms with E-state index in [-0.39, 0.29) is 0 Å². The van der Waals surface area contributed by atoms with E-state index in [1.807, 2.05) is 58.1 Å². The Morgan fingerprint density at radius 2 is 0.582 bits per heavy atom.